The van der Waals surface area contributed by atoms with Gasteiger partial charge in [-0.15, -0.1) is 0 Å². The second kappa shape index (κ2) is 6.59. The molecule has 0 saturated carbocycles. The first kappa shape index (κ1) is 15.0. The molecule has 0 heterocycles. The SMILES string of the molecule is CN(C)C.O=C(O)C1=CC(O)C(O)C(O)C1. The second-order valence-corrected chi connectivity index (χ2v) is 4.09. The fourth-order valence-corrected chi connectivity index (χ4v) is 1.11. The van der Waals surface area contributed by atoms with Crippen LogP contribution < -0.4 is 0 Å². The summed E-state index contributed by atoms with van der Waals surface area (Å²) in [4.78, 5) is 12.4. The van der Waals surface area contributed by atoms with Crippen LogP contribution in [0.4, 0.5) is 0 Å². The first-order valence-electron chi connectivity index (χ1n) is 4.84. The van der Waals surface area contributed by atoms with Gasteiger partial charge in [0.1, 0.15) is 12.2 Å². The summed E-state index contributed by atoms with van der Waals surface area (Å²) in [6, 6.07) is 0. The van der Waals surface area contributed by atoms with Gasteiger partial charge in [-0.05, 0) is 27.2 Å². The molecule has 1 rings (SSSR count). The quantitative estimate of drug-likeness (QED) is 0.447. The Labute approximate surface area is 94.4 Å². The van der Waals surface area contributed by atoms with Gasteiger partial charge in [0.05, 0.1) is 6.10 Å². The Kier molecular flexibility index (Phi) is 6.20. The summed E-state index contributed by atoms with van der Waals surface area (Å²) >= 11 is 0. The third-order valence-corrected chi connectivity index (χ3v) is 1.82. The number of hydrogen-bond acceptors (Lipinski definition) is 5. The summed E-state index contributed by atoms with van der Waals surface area (Å²) in [5, 5.41) is 35.6. The Morgan fingerprint density at radius 1 is 1.31 bits per heavy atom. The first-order valence-corrected chi connectivity index (χ1v) is 4.84. The van der Waals surface area contributed by atoms with Gasteiger partial charge < -0.3 is 25.3 Å². The largest absolute Gasteiger partial charge is 0.478 e. The molecule has 0 bridgehead atoms. The van der Waals surface area contributed by atoms with Crippen LogP contribution in [0.15, 0.2) is 11.6 Å². The van der Waals surface area contributed by atoms with Gasteiger partial charge in [-0.3, -0.25) is 0 Å². The molecule has 0 spiro atoms. The van der Waals surface area contributed by atoms with E-state index >= 15 is 0 Å². The summed E-state index contributed by atoms with van der Waals surface area (Å²) in [6.45, 7) is 0. The van der Waals surface area contributed by atoms with Crippen LogP contribution >= 0.6 is 0 Å². The molecule has 1 aliphatic rings. The molecule has 6 nitrogen and oxygen atoms in total. The third-order valence-electron chi connectivity index (χ3n) is 1.82. The Bertz CT molecular complexity index is 261. The van der Waals surface area contributed by atoms with Crippen LogP contribution in [-0.4, -0.2) is 70.8 Å². The molecule has 0 radical (unpaired) electrons. The van der Waals surface area contributed by atoms with Gasteiger partial charge in [0.15, 0.2) is 0 Å². The molecular formula is C10H19NO5. The van der Waals surface area contributed by atoms with Crippen molar-refractivity contribution in [2.24, 2.45) is 0 Å². The first-order chi connectivity index (χ1) is 7.25. The van der Waals surface area contributed by atoms with Crippen LogP contribution in [0.5, 0.6) is 0 Å². The minimum absolute atomic E-state index is 0.0692. The minimum atomic E-state index is -1.29. The average molecular weight is 233 g/mol. The van der Waals surface area contributed by atoms with Crippen LogP contribution in [0.25, 0.3) is 0 Å². The lowest BCUT2D eigenvalue weighted by atomic mass is 9.92. The van der Waals surface area contributed by atoms with Gasteiger partial charge >= 0.3 is 5.97 Å². The highest BCUT2D eigenvalue weighted by Gasteiger charge is 2.31. The van der Waals surface area contributed by atoms with E-state index in [-0.39, 0.29) is 12.0 Å². The topological polar surface area (TPSA) is 101 Å². The van der Waals surface area contributed by atoms with Gasteiger partial charge in [0.2, 0.25) is 0 Å². The normalized spacial score (nSPS) is 29.2. The van der Waals surface area contributed by atoms with Gasteiger partial charge in [-0.1, -0.05) is 0 Å². The van der Waals surface area contributed by atoms with Crippen molar-refractivity contribution in [3.05, 3.63) is 11.6 Å². The lowest BCUT2D eigenvalue weighted by Crippen LogP contribution is -2.40. The zero-order chi connectivity index (χ0) is 12.9. The molecule has 3 unspecified atom stereocenters. The van der Waals surface area contributed by atoms with Gasteiger partial charge in [-0.25, -0.2) is 4.79 Å². The molecule has 0 fully saturated rings. The molecule has 1 aliphatic carbocycles. The molecule has 0 aromatic carbocycles. The van der Waals surface area contributed by atoms with Crippen molar-refractivity contribution in [1.29, 1.82) is 0 Å². The second-order valence-electron chi connectivity index (χ2n) is 4.09. The van der Waals surface area contributed by atoms with E-state index < -0.39 is 24.3 Å². The van der Waals surface area contributed by atoms with Crippen LogP contribution in [-0.2, 0) is 4.79 Å². The van der Waals surface area contributed by atoms with Crippen molar-refractivity contribution in [2.45, 2.75) is 24.7 Å². The van der Waals surface area contributed by atoms with Crippen LogP contribution in [0.3, 0.4) is 0 Å². The maximum atomic E-state index is 10.4. The molecule has 0 saturated heterocycles. The highest BCUT2D eigenvalue weighted by Crippen LogP contribution is 2.19. The van der Waals surface area contributed by atoms with Crippen molar-refractivity contribution in [3.63, 3.8) is 0 Å². The summed E-state index contributed by atoms with van der Waals surface area (Å²) in [6.07, 6.45) is -2.86. The molecule has 0 aromatic rings. The molecule has 4 N–H and O–H groups in total. The predicted octanol–water partition coefficient (Wildman–Crippen LogP) is -1.34. The van der Waals surface area contributed by atoms with Gasteiger partial charge in [0.25, 0.3) is 0 Å². The number of aliphatic carboxylic acids is 1. The van der Waals surface area contributed by atoms with E-state index in [1.54, 1.807) is 0 Å². The standard InChI is InChI=1S/C7H10O5.C3H9N/c8-4-1-3(7(11)12)2-5(9)6(4)10;1-4(2)3/h1,4-6,8-10H,2H2,(H,11,12);1-3H3. The number of aliphatic hydroxyl groups is 3. The smallest absolute Gasteiger partial charge is 0.331 e. The molecule has 16 heavy (non-hydrogen) atoms. The predicted molar refractivity (Wildman–Crippen MR) is 58.0 cm³/mol. The van der Waals surface area contributed by atoms with Crippen LogP contribution in [0, 0.1) is 0 Å². The number of carboxylic acid groups (broad SMARTS) is 1. The molecule has 0 aromatic heterocycles. The Hall–Kier alpha value is -0.950. The lowest BCUT2D eigenvalue weighted by molar-refractivity contribution is -0.134. The Morgan fingerprint density at radius 2 is 1.75 bits per heavy atom. The maximum absolute atomic E-state index is 10.4. The molecule has 0 aliphatic heterocycles. The van der Waals surface area contributed by atoms with E-state index in [0.717, 1.165) is 6.08 Å². The van der Waals surface area contributed by atoms with Crippen molar-refractivity contribution in [2.75, 3.05) is 21.1 Å². The van der Waals surface area contributed by atoms with Crippen molar-refractivity contribution >= 4 is 5.97 Å². The molecular weight excluding hydrogens is 214 g/mol. The molecule has 6 heteroatoms. The van der Waals surface area contributed by atoms with E-state index in [0.29, 0.717) is 0 Å². The van der Waals surface area contributed by atoms with E-state index in [2.05, 4.69) is 0 Å². The van der Waals surface area contributed by atoms with E-state index in [9.17, 15) is 4.79 Å². The highest BCUT2D eigenvalue weighted by atomic mass is 16.4. The number of carbonyl (C=O) groups is 1. The lowest BCUT2D eigenvalue weighted by Gasteiger charge is -2.25. The zero-order valence-corrected chi connectivity index (χ0v) is 9.66. The molecule has 94 valence electrons. The number of carboxylic acids is 1. The van der Waals surface area contributed by atoms with Crippen LogP contribution in [0.1, 0.15) is 6.42 Å². The van der Waals surface area contributed by atoms with E-state index in [1.165, 1.54) is 0 Å². The zero-order valence-electron chi connectivity index (χ0n) is 9.66. The number of hydrogen-bond donors (Lipinski definition) is 4. The van der Waals surface area contributed by atoms with Crippen LogP contribution in [0.2, 0.25) is 0 Å². The fraction of sp³-hybridized carbons (Fsp3) is 0.700. The fourth-order valence-electron chi connectivity index (χ4n) is 1.11. The highest BCUT2D eigenvalue weighted by molar-refractivity contribution is 5.87. The van der Waals surface area contributed by atoms with Crippen molar-refractivity contribution in [1.82, 2.24) is 4.90 Å². The third kappa shape index (κ3) is 5.22. The van der Waals surface area contributed by atoms with Gasteiger partial charge in [0, 0.05) is 12.0 Å². The summed E-state index contributed by atoms with van der Waals surface area (Å²) < 4.78 is 0. The summed E-state index contributed by atoms with van der Waals surface area (Å²) in [5.74, 6) is -1.18. The minimum Gasteiger partial charge on any atom is -0.478 e. The van der Waals surface area contributed by atoms with Crippen molar-refractivity contribution in [3.8, 4) is 0 Å². The molecule has 0 amide bonds. The number of aliphatic hydroxyl groups excluding tert-OH is 3. The van der Waals surface area contributed by atoms with E-state index in [4.69, 9.17) is 20.4 Å². The summed E-state index contributed by atoms with van der Waals surface area (Å²) in [5.41, 5.74) is -0.0692. The monoisotopic (exact) mass is 233 g/mol. The van der Waals surface area contributed by atoms with Gasteiger partial charge in [-0.2, -0.15) is 0 Å². The van der Waals surface area contributed by atoms with Crippen molar-refractivity contribution < 1.29 is 25.2 Å². The maximum Gasteiger partial charge on any atom is 0.331 e. The summed E-state index contributed by atoms with van der Waals surface area (Å²) in [7, 11) is 6.00. The average Bonchev–Trinajstić information content (AvgIpc) is 2.12. The number of nitrogens with zero attached hydrogens (tertiary/aromatic N) is 1. The molecule has 3 atom stereocenters. The van der Waals surface area contributed by atoms with E-state index in [1.807, 2.05) is 26.0 Å². The Morgan fingerprint density at radius 3 is 2.06 bits per heavy atom. The Balaban J connectivity index is 0.000000487. The number of rotatable bonds is 1.